The van der Waals surface area contributed by atoms with E-state index in [1.54, 1.807) is 0 Å². The van der Waals surface area contributed by atoms with Crippen molar-refractivity contribution in [3.8, 4) is 0 Å². The fourth-order valence-corrected chi connectivity index (χ4v) is 2.35. The van der Waals surface area contributed by atoms with Crippen molar-refractivity contribution in [2.45, 2.75) is 39.7 Å². The SMILES string of the molecule is CCCN1CCN(C(=O)CC(C)NCC)CC1. The summed E-state index contributed by atoms with van der Waals surface area (Å²) in [7, 11) is 0. The molecule has 0 aromatic rings. The number of rotatable bonds is 6. The van der Waals surface area contributed by atoms with Crippen LogP contribution in [0.3, 0.4) is 0 Å². The molecule has 0 aliphatic carbocycles. The van der Waals surface area contributed by atoms with Crippen molar-refractivity contribution < 1.29 is 4.79 Å². The molecular formula is C13H27N3O. The van der Waals surface area contributed by atoms with Gasteiger partial charge in [-0.25, -0.2) is 0 Å². The summed E-state index contributed by atoms with van der Waals surface area (Å²) in [6.07, 6.45) is 1.83. The highest BCUT2D eigenvalue weighted by molar-refractivity contribution is 5.76. The molecular weight excluding hydrogens is 214 g/mol. The summed E-state index contributed by atoms with van der Waals surface area (Å²) in [5, 5.41) is 3.29. The van der Waals surface area contributed by atoms with Crippen LogP contribution in [0.25, 0.3) is 0 Å². The van der Waals surface area contributed by atoms with Gasteiger partial charge in [-0.3, -0.25) is 9.69 Å². The monoisotopic (exact) mass is 241 g/mol. The molecule has 1 heterocycles. The summed E-state index contributed by atoms with van der Waals surface area (Å²) >= 11 is 0. The van der Waals surface area contributed by atoms with Crippen molar-refractivity contribution in [2.24, 2.45) is 0 Å². The van der Waals surface area contributed by atoms with Gasteiger partial charge in [-0.15, -0.1) is 0 Å². The third-order valence-electron chi connectivity index (χ3n) is 3.30. The Morgan fingerprint density at radius 3 is 2.41 bits per heavy atom. The van der Waals surface area contributed by atoms with Crippen LogP contribution < -0.4 is 5.32 Å². The van der Waals surface area contributed by atoms with Crippen molar-refractivity contribution in [1.82, 2.24) is 15.1 Å². The molecule has 0 aromatic heterocycles. The van der Waals surface area contributed by atoms with Crippen molar-refractivity contribution in [1.29, 1.82) is 0 Å². The van der Waals surface area contributed by atoms with E-state index in [2.05, 4.69) is 31.0 Å². The molecule has 1 atom stereocenters. The van der Waals surface area contributed by atoms with Crippen molar-refractivity contribution in [3.05, 3.63) is 0 Å². The Morgan fingerprint density at radius 1 is 1.24 bits per heavy atom. The van der Waals surface area contributed by atoms with Gasteiger partial charge in [0, 0.05) is 38.6 Å². The smallest absolute Gasteiger partial charge is 0.224 e. The average molecular weight is 241 g/mol. The van der Waals surface area contributed by atoms with E-state index < -0.39 is 0 Å². The summed E-state index contributed by atoms with van der Waals surface area (Å²) in [4.78, 5) is 16.5. The largest absolute Gasteiger partial charge is 0.340 e. The molecule has 0 bridgehead atoms. The predicted octanol–water partition coefficient (Wildman–Crippen LogP) is 0.929. The molecule has 1 aliphatic rings. The number of carbonyl (C=O) groups is 1. The first-order chi connectivity index (χ1) is 8.17. The highest BCUT2D eigenvalue weighted by Crippen LogP contribution is 2.05. The third-order valence-corrected chi connectivity index (χ3v) is 3.30. The summed E-state index contributed by atoms with van der Waals surface area (Å²) in [6.45, 7) is 12.3. The van der Waals surface area contributed by atoms with Crippen LogP contribution in [0.1, 0.15) is 33.6 Å². The van der Waals surface area contributed by atoms with Crippen molar-refractivity contribution >= 4 is 5.91 Å². The molecule has 1 amide bonds. The summed E-state index contributed by atoms with van der Waals surface area (Å²) in [5.74, 6) is 0.301. The molecule has 1 rings (SSSR count). The summed E-state index contributed by atoms with van der Waals surface area (Å²) in [5.41, 5.74) is 0. The van der Waals surface area contributed by atoms with Gasteiger partial charge in [-0.05, 0) is 26.4 Å². The zero-order valence-corrected chi connectivity index (χ0v) is 11.5. The van der Waals surface area contributed by atoms with E-state index in [4.69, 9.17) is 0 Å². The van der Waals surface area contributed by atoms with E-state index in [1.807, 2.05) is 4.90 Å². The minimum absolute atomic E-state index is 0.293. The molecule has 1 saturated heterocycles. The molecule has 100 valence electrons. The van der Waals surface area contributed by atoms with Gasteiger partial charge in [0.05, 0.1) is 0 Å². The average Bonchev–Trinajstić information content (AvgIpc) is 2.30. The first-order valence-electron chi connectivity index (χ1n) is 6.90. The van der Waals surface area contributed by atoms with E-state index in [0.717, 1.165) is 39.3 Å². The van der Waals surface area contributed by atoms with Crippen LogP contribution in [0.2, 0.25) is 0 Å². The second-order valence-corrected chi connectivity index (χ2v) is 4.89. The van der Waals surface area contributed by atoms with E-state index in [-0.39, 0.29) is 0 Å². The molecule has 1 aliphatic heterocycles. The summed E-state index contributed by atoms with van der Waals surface area (Å²) in [6, 6.07) is 0.293. The Balaban J connectivity index is 2.25. The standard InChI is InChI=1S/C13H27N3O/c1-4-6-15-7-9-16(10-8-15)13(17)11-12(3)14-5-2/h12,14H,4-11H2,1-3H3. The van der Waals surface area contributed by atoms with Gasteiger partial charge in [0.25, 0.3) is 0 Å². The minimum atomic E-state index is 0.293. The molecule has 17 heavy (non-hydrogen) atoms. The van der Waals surface area contributed by atoms with E-state index >= 15 is 0 Å². The number of amides is 1. The van der Waals surface area contributed by atoms with E-state index in [1.165, 1.54) is 6.42 Å². The Kier molecular flexibility index (Phi) is 6.52. The van der Waals surface area contributed by atoms with Gasteiger partial charge in [-0.2, -0.15) is 0 Å². The van der Waals surface area contributed by atoms with Crippen LogP contribution in [-0.2, 0) is 4.79 Å². The van der Waals surface area contributed by atoms with Gasteiger partial charge in [-0.1, -0.05) is 13.8 Å². The number of piperazine rings is 1. The van der Waals surface area contributed by atoms with Gasteiger partial charge in [0.15, 0.2) is 0 Å². The number of hydrogen-bond donors (Lipinski definition) is 1. The van der Waals surface area contributed by atoms with Crippen LogP contribution in [-0.4, -0.2) is 61.0 Å². The molecule has 1 N–H and O–H groups in total. The number of nitrogens with zero attached hydrogens (tertiary/aromatic N) is 2. The Morgan fingerprint density at radius 2 is 1.88 bits per heavy atom. The van der Waals surface area contributed by atoms with Gasteiger partial charge in [0.2, 0.25) is 5.91 Å². The Bertz CT molecular complexity index is 225. The van der Waals surface area contributed by atoms with Gasteiger partial charge in [0.1, 0.15) is 0 Å². The lowest BCUT2D eigenvalue weighted by atomic mass is 10.2. The first kappa shape index (κ1) is 14.5. The number of nitrogens with one attached hydrogen (secondary N) is 1. The van der Waals surface area contributed by atoms with E-state index in [9.17, 15) is 4.79 Å². The number of carbonyl (C=O) groups excluding carboxylic acids is 1. The quantitative estimate of drug-likeness (QED) is 0.751. The Labute approximate surface area is 105 Å². The van der Waals surface area contributed by atoms with Crippen LogP contribution in [0, 0.1) is 0 Å². The lowest BCUT2D eigenvalue weighted by Gasteiger charge is -2.35. The molecule has 4 nitrogen and oxygen atoms in total. The predicted molar refractivity (Wildman–Crippen MR) is 71.1 cm³/mol. The normalized spacial score (nSPS) is 19.4. The molecule has 1 unspecified atom stereocenters. The maximum absolute atomic E-state index is 12.0. The lowest BCUT2D eigenvalue weighted by molar-refractivity contribution is -0.133. The van der Waals surface area contributed by atoms with E-state index in [0.29, 0.717) is 18.4 Å². The minimum Gasteiger partial charge on any atom is -0.340 e. The lowest BCUT2D eigenvalue weighted by Crippen LogP contribution is -2.49. The highest BCUT2D eigenvalue weighted by atomic mass is 16.2. The molecule has 0 radical (unpaired) electrons. The molecule has 0 saturated carbocycles. The van der Waals surface area contributed by atoms with Gasteiger partial charge >= 0.3 is 0 Å². The van der Waals surface area contributed by atoms with Crippen molar-refractivity contribution in [3.63, 3.8) is 0 Å². The topological polar surface area (TPSA) is 35.6 Å². The van der Waals surface area contributed by atoms with Crippen LogP contribution >= 0.6 is 0 Å². The van der Waals surface area contributed by atoms with Crippen LogP contribution in [0.5, 0.6) is 0 Å². The molecule has 0 aromatic carbocycles. The number of hydrogen-bond acceptors (Lipinski definition) is 3. The zero-order chi connectivity index (χ0) is 12.7. The Hall–Kier alpha value is -0.610. The fraction of sp³-hybridized carbons (Fsp3) is 0.923. The van der Waals surface area contributed by atoms with Crippen LogP contribution in [0.15, 0.2) is 0 Å². The maximum Gasteiger partial charge on any atom is 0.224 e. The first-order valence-corrected chi connectivity index (χ1v) is 6.90. The zero-order valence-electron chi connectivity index (χ0n) is 11.5. The second kappa shape index (κ2) is 7.67. The maximum atomic E-state index is 12.0. The second-order valence-electron chi connectivity index (χ2n) is 4.89. The highest BCUT2D eigenvalue weighted by Gasteiger charge is 2.21. The molecule has 4 heteroatoms. The fourth-order valence-electron chi connectivity index (χ4n) is 2.35. The molecule has 0 spiro atoms. The summed E-state index contributed by atoms with van der Waals surface area (Å²) < 4.78 is 0. The van der Waals surface area contributed by atoms with Crippen molar-refractivity contribution in [2.75, 3.05) is 39.3 Å². The third kappa shape index (κ3) is 5.04. The van der Waals surface area contributed by atoms with Gasteiger partial charge < -0.3 is 10.2 Å². The molecule has 1 fully saturated rings. The van der Waals surface area contributed by atoms with Crippen LogP contribution in [0.4, 0.5) is 0 Å².